The van der Waals surface area contributed by atoms with Crippen LogP contribution in [0.2, 0.25) is 10.0 Å². The lowest BCUT2D eigenvalue weighted by Gasteiger charge is -2.04. The van der Waals surface area contributed by atoms with Crippen LogP contribution in [0.25, 0.3) is 11.6 Å². The fourth-order valence-electron chi connectivity index (χ4n) is 1.75. The Labute approximate surface area is 129 Å². The lowest BCUT2D eigenvalue weighted by atomic mass is 10.2. The number of hydrogen-bond acceptors (Lipinski definition) is 5. The largest absolute Gasteiger partial charge is 0.437 e. The van der Waals surface area contributed by atoms with Crippen molar-refractivity contribution in [2.75, 3.05) is 0 Å². The molecular weight excluding hydrogens is 315 g/mol. The third-order valence-corrected chi connectivity index (χ3v) is 3.47. The Bertz CT molecular complexity index is 809. The van der Waals surface area contributed by atoms with Crippen molar-refractivity contribution in [3.05, 3.63) is 62.9 Å². The summed E-state index contributed by atoms with van der Waals surface area (Å²) in [6, 6.07) is 5.11. The van der Waals surface area contributed by atoms with Gasteiger partial charge < -0.3 is 4.42 Å². The minimum atomic E-state index is -0.619. The Balaban J connectivity index is 1.98. The first kappa shape index (κ1) is 13.8. The summed E-state index contributed by atoms with van der Waals surface area (Å²) in [4.78, 5) is 19.8. The highest BCUT2D eigenvalue weighted by molar-refractivity contribution is 6.35. The molecule has 0 aliphatic rings. The molecule has 106 valence electrons. The van der Waals surface area contributed by atoms with Crippen molar-refractivity contribution in [1.29, 1.82) is 0 Å². The van der Waals surface area contributed by atoms with Crippen LogP contribution >= 0.6 is 23.2 Å². The second kappa shape index (κ2) is 5.67. The van der Waals surface area contributed by atoms with Gasteiger partial charge in [-0.15, -0.1) is 5.10 Å². The van der Waals surface area contributed by atoms with Gasteiger partial charge in [-0.1, -0.05) is 29.3 Å². The van der Waals surface area contributed by atoms with Crippen LogP contribution in [-0.2, 0) is 6.54 Å². The van der Waals surface area contributed by atoms with Crippen molar-refractivity contribution >= 4 is 23.2 Å². The lowest BCUT2D eigenvalue weighted by molar-refractivity contribution is 0.494. The first-order valence-corrected chi connectivity index (χ1v) is 6.68. The fourth-order valence-corrected chi connectivity index (χ4v) is 2.27. The zero-order valence-corrected chi connectivity index (χ0v) is 12.0. The topological polar surface area (TPSA) is 73.8 Å². The third-order valence-electron chi connectivity index (χ3n) is 2.76. The van der Waals surface area contributed by atoms with Gasteiger partial charge in [0.2, 0.25) is 0 Å². The molecule has 0 N–H and O–H groups in total. The zero-order chi connectivity index (χ0) is 14.8. The van der Waals surface area contributed by atoms with E-state index < -0.39 is 5.76 Å². The molecule has 3 aromatic rings. The minimum absolute atomic E-state index is 0.0938. The molecule has 2 aromatic heterocycles. The van der Waals surface area contributed by atoms with E-state index in [2.05, 4.69) is 15.1 Å². The van der Waals surface area contributed by atoms with Gasteiger partial charge in [-0.25, -0.2) is 9.78 Å². The maximum atomic E-state index is 11.8. The van der Waals surface area contributed by atoms with E-state index in [-0.39, 0.29) is 12.4 Å². The Morgan fingerprint density at radius 2 is 1.95 bits per heavy atom. The minimum Gasteiger partial charge on any atom is -0.386 e. The van der Waals surface area contributed by atoms with Crippen LogP contribution in [0.15, 0.2) is 46.0 Å². The predicted octanol–water partition coefficient (Wildman–Crippen LogP) is 2.65. The van der Waals surface area contributed by atoms with Crippen molar-refractivity contribution in [2.24, 2.45) is 0 Å². The van der Waals surface area contributed by atoms with Crippen molar-refractivity contribution in [1.82, 2.24) is 19.7 Å². The SMILES string of the molecule is O=c1oc(-c2cnccn2)nn1Cc1c(Cl)cccc1Cl. The van der Waals surface area contributed by atoms with Crippen LogP contribution in [0.4, 0.5) is 0 Å². The van der Waals surface area contributed by atoms with Gasteiger partial charge in [-0.2, -0.15) is 4.68 Å². The maximum absolute atomic E-state index is 11.8. The Morgan fingerprint density at radius 1 is 1.19 bits per heavy atom. The van der Waals surface area contributed by atoms with Crippen LogP contribution in [0, 0.1) is 0 Å². The van der Waals surface area contributed by atoms with Crippen LogP contribution in [0.1, 0.15) is 5.56 Å². The first-order valence-electron chi connectivity index (χ1n) is 5.92. The molecule has 0 fully saturated rings. The van der Waals surface area contributed by atoms with Gasteiger partial charge in [0.05, 0.1) is 12.7 Å². The van der Waals surface area contributed by atoms with E-state index in [9.17, 15) is 4.79 Å². The van der Waals surface area contributed by atoms with E-state index in [1.165, 1.54) is 18.6 Å². The molecule has 1 aromatic carbocycles. The first-order chi connectivity index (χ1) is 10.1. The van der Waals surface area contributed by atoms with Gasteiger partial charge in [0.25, 0.3) is 5.89 Å². The summed E-state index contributed by atoms with van der Waals surface area (Å²) in [5.41, 5.74) is 0.973. The number of aromatic nitrogens is 4. The fraction of sp³-hybridized carbons (Fsp3) is 0.0769. The Kier molecular flexibility index (Phi) is 3.72. The van der Waals surface area contributed by atoms with Crippen LogP contribution in [-0.4, -0.2) is 19.7 Å². The van der Waals surface area contributed by atoms with Gasteiger partial charge in [0, 0.05) is 28.0 Å². The molecule has 3 rings (SSSR count). The van der Waals surface area contributed by atoms with E-state index >= 15 is 0 Å². The quantitative estimate of drug-likeness (QED) is 0.741. The number of halogens is 2. The molecule has 0 bridgehead atoms. The molecule has 0 spiro atoms. The monoisotopic (exact) mass is 322 g/mol. The summed E-state index contributed by atoms with van der Waals surface area (Å²) in [6.45, 7) is 0.112. The number of benzene rings is 1. The average molecular weight is 323 g/mol. The van der Waals surface area contributed by atoms with Crippen LogP contribution in [0.3, 0.4) is 0 Å². The molecular formula is C13H8Cl2N4O2. The Morgan fingerprint density at radius 3 is 2.62 bits per heavy atom. The maximum Gasteiger partial charge on any atom is 0.437 e. The van der Waals surface area contributed by atoms with Crippen LogP contribution < -0.4 is 5.76 Å². The molecule has 0 atom stereocenters. The number of rotatable bonds is 3. The molecule has 8 heteroatoms. The molecule has 0 radical (unpaired) electrons. The second-order valence-corrected chi connectivity index (χ2v) is 4.94. The molecule has 21 heavy (non-hydrogen) atoms. The molecule has 0 unspecified atom stereocenters. The van der Waals surface area contributed by atoms with Crippen molar-refractivity contribution < 1.29 is 4.42 Å². The summed E-state index contributed by atoms with van der Waals surface area (Å²) in [5.74, 6) is -0.525. The van der Waals surface area contributed by atoms with Crippen molar-refractivity contribution in [2.45, 2.75) is 6.54 Å². The van der Waals surface area contributed by atoms with Gasteiger partial charge in [-0.05, 0) is 12.1 Å². The molecule has 2 heterocycles. The smallest absolute Gasteiger partial charge is 0.386 e. The van der Waals surface area contributed by atoms with Gasteiger partial charge in [0.1, 0.15) is 5.69 Å². The summed E-state index contributed by atoms with van der Waals surface area (Å²) >= 11 is 12.2. The standard InChI is InChI=1S/C13H8Cl2N4O2/c14-9-2-1-3-10(15)8(9)7-19-13(20)21-12(18-19)11-6-16-4-5-17-11/h1-6H,7H2. The third kappa shape index (κ3) is 2.81. The van der Waals surface area contributed by atoms with Gasteiger partial charge in [-0.3, -0.25) is 4.98 Å². The predicted molar refractivity (Wildman–Crippen MR) is 77.4 cm³/mol. The second-order valence-electron chi connectivity index (χ2n) is 4.12. The van der Waals surface area contributed by atoms with Gasteiger partial charge in [0.15, 0.2) is 0 Å². The highest BCUT2D eigenvalue weighted by atomic mass is 35.5. The highest BCUT2D eigenvalue weighted by Crippen LogP contribution is 2.24. The average Bonchev–Trinajstić information content (AvgIpc) is 2.85. The number of nitrogens with zero attached hydrogens (tertiary/aromatic N) is 4. The lowest BCUT2D eigenvalue weighted by Crippen LogP contribution is -2.17. The van der Waals surface area contributed by atoms with E-state index in [0.29, 0.717) is 21.3 Å². The summed E-state index contributed by atoms with van der Waals surface area (Å²) in [6.07, 6.45) is 4.46. The summed E-state index contributed by atoms with van der Waals surface area (Å²) in [5, 5.41) is 4.99. The van der Waals surface area contributed by atoms with E-state index in [1.54, 1.807) is 18.2 Å². The van der Waals surface area contributed by atoms with Crippen molar-refractivity contribution in [3.63, 3.8) is 0 Å². The van der Waals surface area contributed by atoms with E-state index in [1.807, 2.05) is 0 Å². The zero-order valence-electron chi connectivity index (χ0n) is 10.5. The highest BCUT2D eigenvalue weighted by Gasteiger charge is 2.14. The molecule has 0 aliphatic carbocycles. The number of hydrogen-bond donors (Lipinski definition) is 0. The van der Waals surface area contributed by atoms with Gasteiger partial charge >= 0.3 is 5.76 Å². The molecule has 6 nitrogen and oxygen atoms in total. The molecule has 0 saturated heterocycles. The summed E-state index contributed by atoms with van der Waals surface area (Å²) < 4.78 is 6.20. The van der Waals surface area contributed by atoms with E-state index in [0.717, 1.165) is 4.68 Å². The molecule has 0 saturated carbocycles. The molecule has 0 aliphatic heterocycles. The van der Waals surface area contributed by atoms with Crippen LogP contribution in [0.5, 0.6) is 0 Å². The normalized spacial score (nSPS) is 10.8. The van der Waals surface area contributed by atoms with Crippen molar-refractivity contribution in [3.8, 4) is 11.6 Å². The molecule has 0 amide bonds. The Hall–Kier alpha value is -2.18. The van der Waals surface area contributed by atoms with E-state index in [4.69, 9.17) is 27.6 Å². The summed E-state index contributed by atoms with van der Waals surface area (Å²) in [7, 11) is 0.